The first-order chi connectivity index (χ1) is 3.80. The zero-order valence-corrected chi connectivity index (χ0v) is 4.07. The van der Waals surface area contributed by atoms with Crippen molar-refractivity contribution in [3.63, 3.8) is 0 Å². The van der Waals surface area contributed by atoms with Crippen LogP contribution in [-0.2, 0) is 0 Å². The van der Waals surface area contributed by atoms with Crippen LogP contribution in [0.3, 0.4) is 0 Å². The standard InChI is InChI=1S/C4H4N2O2/c7-6(8)4-1-2-5-3-4/h2-3H,1H2. The maximum atomic E-state index is 9.86. The Morgan fingerprint density at radius 1 is 1.88 bits per heavy atom. The monoisotopic (exact) mass is 112 g/mol. The number of allylic oxidation sites excluding steroid dienone is 1. The molecule has 0 spiro atoms. The predicted molar refractivity (Wildman–Crippen MR) is 28.2 cm³/mol. The van der Waals surface area contributed by atoms with Gasteiger partial charge in [0.25, 0.3) is 5.70 Å². The summed E-state index contributed by atoms with van der Waals surface area (Å²) in [4.78, 5) is 13.0. The molecule has 0 radical (unpaired) electrons. The quantitative estimate of drug-likeness (QED) is 0.368. The van der Waals surface area contributed by atoms with E-state index in [0.717, 1.165) is 0 Å². The van der Waals surface area contributed by atoms with Crippen LogP contribution in [0.1, 0.15) is 6.42 Å². The predicted octanol–water partition coefficient (Wildman–Crippen LogP) is 0.579. The second-order valence-corrected chi connectivity index (χ2v) is 1.41. The fourth-order valence-electron chi connectivity index (χ4n) is 0.459. The van der Waals surface area contributed by atoms with Crippen molar-refractivity contribution in [2.45, 2.75) is 6.42 Å². The molecule has 1 rings (SSSR count). The first-order valence-electron chi connectivity index (χ1n) is 2.16. The van der Waals surface area contributed by atoms with Crippen molar-refractivity contribution >= 4 is 6.21 Å². The van der Waals surface area contributed by atoms with E-state index < -0.39 is 4.92 Å². The van der Waals surface area contributed by atoms with Crippen LogP contribution < -0.4 is 0 Å². The Bertz CT molecular complexity index is 171. The van der Waals surface area contributed by atoms with Crippen LogP contribution in [0.2, 0.25) is 0 Å². The molecule has 0 unspecified atom stereocenters. The van der Waals surface area contributed by atoms with E-state index in [0.29, 0.717) is 6.42 Å². The summed E-state index contributed by atoms with van der Waals surface area (Å²) in [5, 5.41) is 9.86. The summed E-state index contributed by atoms with van der Waals surface area (Å²) in [7, 11) is 0. The zero-order chi connectivity index (χ0) is 5.98. The van der Waals surface area contributed by atoms with Crippen molar-refractivity contribution in [2.24, 2.45) is 4.99 Å². The molecular weight excluding hydrogens is 108 g/mol. The van der Waals surface area contributed by atoms with Crippen molar-refractivity contribution < 1.29 is 4.92 Å². The van der Waals surface area contributed by atoms with Crippen LogP contribution in [0.15, 0.2) is 16.9 Å². The summed E-state index contributed by atoms with van der Waals surface area (Å²) >= 11 is 0. The Morgan fingerprint density at radius 3 is 2.88 bits per heavy atom. The van der Waals surface area contributed by atoms with Gasteiger partial charge in [-0.1, -0.05) is 0 Å². The second kappa shape index (κ2) is 1.73. The minimum Gasteiger partial charge on any atom is -0.262 e. The Morgan fingerprint density at radius 2 is 2.62 bits per heavy atom. The van der Waals surface area contributed by atoms with Crippen molar-refractivity contribution in [2.75, 3.05) is 0 Å². The molecule has 8 heavy (non-hydrogen) atoms. The molecule has 4 heteroatoms. The van der Waals surface area contributed by atoms with Gasteiger partial charge in [0, 0.05) is 6.21 Å². The second-order valence-electron chi connectivity index (χ2n) is 1.41. The Kier molecular flexibility index (Phi) is 1.07. The van der Waals surface area contributed by atoms with Crippen molar-refractivity contribution in [3.05, 3.63) is 22.0 Å². The lowest BCUT2D eigenvalue weighted by atomic mass is 10.4. The van der Waals surface area contributed by atoms with Gasteiger partial charge in [0.15, 0.2) is 0 Å². The molecule has 0 aromatic heterocycles. The third kappa shape index (κ3) is 0.726. The third-order valence-corrected chi connectivity index (χ3v) is 0.864. The molecule has 42 valence electrons. The highest BCUT2D eigenvalue weighted by Crippen LogP contribution is 2.04. The zero-order valence-electron chi connectivity index (χ0n) is 4.07. The Labute approximate surface area is 45.7 Å². The van der Waals surface area contributed by atoms with E-state index >= 15 is 0 Å². The first-order valence-corrected chi connectivity index (χ1v) is 2.16. The van der Waals surface area contributed by atoms with E-state index in [1.54, 1.807) is 0 Å². The van der Waals surface area contributed by atoms with E-state index in [4.69, 9.17) is 0 Å². The van der Waals surface area contributed by atoms with Crippen molar-refractivity contribution in [1.82, 2.24) is 0 Å². The largest absolute Gasteiger partial charge is 0.269 e. The molecular formula is C4H4N2O2. The Hall–Kier alpha value is -1.19. The molecule has 0 fully saturated rings. The van der Waals surface area contributed by atoms with Crippen LogP contribution >= 0.6 is 0 Å². The topological polar surface area (TPSA) is 55.5 Å². The highest BCUT2D eigenvalue weighted by Gasteiger charge is 2.10. The van der Waals surface area contributed by atoms with Gasteiger partial charge in [-0.25, -0.2) is 0 Å². The van der Waals surface area contributed by atoms with Crippen molar-refractivity contribution in [3.8, 4) is 0 Å². The summed E-state index contributed by atoms with van der Waals surface area (Å²) < 4.78 is 0. The SMILES string of the molecule is O=[N+]([O-])C1=CN=CC1. The smallest absolute Gasteiger partial charge is 0.262 e. The fourth-order valence-corrected chi connectivity index (χ4v) is 0.459. The Balaban J connectivity index is 2.64. The maximum Gasteiger partial charge on any atom is 0.269 e. The number of hydrogen-bond donors (Lipinski definition) is 0. The van der Waals surface area contributed by atoms with Crippen LogP contribution in [-0.4, -0.2) is 11.1 Å². The molecule has 0 bridgehead atoms. The minimum absolute atomic E-state index is 0.171. The lowest BCUT2D eigenvalue weighted by Gasteiger charge is -1.82. The molecule has 4 nitrogen and oxygen atoms in total. The normalized spacial score (nSPS) is 16.2. The highest BCUT2D eigenvalue weighted by atomic mass is 16.6. The van der Waals surface area contributed by atoms with E-state index in [1.807, 2.05) is 0 Å². The molecule has 0 N–H and O–H groups in total. The number of hydrogen-bond acceptors (Lipinski definition) is 3. The van der Waals surface area contributed by atoms with Gasteiger partial charge >= 0.3 is 0 Å². The summed E-state index contributed by atoms with van der Waals surface area (Å²) in [5.74, 6) is 0. The summed E-state index contributed by atoms with van der Waals surface area (Å²) in [5.41, 5.74) is 0.171. The molecule has 0 aromatic carbocycles. The molecule has 0 atom stereocenters. The molecule has 0 aliphatic carbocycles. The highest BCUT2D eigenvalue weighted by molar-refractivity contribution is 5.64. The van der Waals surface area contributed by atoms with E-state index in [1.165, 1.54) is 12.4 Å². The lowest BCUT2D eigenvalue weighted by molar-refractivity contribution is -0.425. The van der Waals surface area contributed by atoms with Gasteiger partial charge < -0.3 is 0 Å². The van der Waals surface area contributed by atoms with Crippen LogP contribution in [0, 0.1) is 10.1 Å². The molecule has 1 aliphatic rings. The van der Waals surface area contributed by atoms with Crippen molar-refractivity contribution in [1.29, 1.82) is 0 Å². The lowest BCUT2D eigenvalue weighted by Crippen LogP contribution is -1.94. The van der Waals surface area contributed by atoms with Gasteiger partial charge in [0.2, 0.25) is 0 Å². The van der Waals surface area contributed by atoms with E-state index in [9.17, 15) is 10.1 Å². The van der Waals surface area contributed by atoms with Gasteiger partial charge in [-0.05, 0) is 0 Å². The molecule has 0 saturated carbocycles. The number of nitro groups is 1. The molecule has 1 aliphatic heterocycles. The van der Waals surface area contributed by atoms with Gasteiger partial charge in [0.1, 0.15) is 0 Å². The van der Waals surface area contributed by atoms with Crippen LogP contribution in [0.4, 0.5) is 0 Å². The summed E-state index contributed by atoms with van der Waals surface area (Å²) in [6, 6.07) is 0. The fraction of sp³-hybridized carbons (Fsp3) is 0.250. The number of aliphatic imine (C=N–C) groups is 1. The average molecular weight is 112 g/mol. The summed E-state index contributed by atoms with van der Waals surface area (Å²) in [6.45, 7) is 0. The van der Waals surface area contributed by atoms with Gasteiger partial charge in [-0.3, -0.25) is 15.1 Å². The number of rotatable bonds is 1. The van der Waals surface area contributed by atoms with Gasteiger partial charge in [-0.15, -0.1) is 0 Å². The first kappa shape index (κ1) is 4.96. The maximum absolute atomic E-state index is 9.86. The van der Waals surface area contributed by atoms with Crippen LogP contribution in [0.5, 0.6) is 0 Å². The molecule has 0 saturated heterocycles. The molecule has 1 heterocycles. The van der Waals surface area contributed by atoms with Gasteiger partial charge in [0.05, 0.1) is 17.5 Å². The molecule has 0 aromatic rings. The average Bonchev–Trinajstić information content (AvgIpc) is 2.12. The van der Waals surface area contributed by atoms with E-state index in [2.05, 4.69) is 4.99 Å². The van der Waals surface area contributed by atoms with Crippen LogP contribution in [0.25, 0.3) is 0 Å². The third-order valence-electron chi connectivity index (χ3n) is 0.864. The van der Waals surface area contributed by atoms with Gasteiger partial charge in [-0.2, -0.15) is 0 Å². The summed E-state index contributed by atoms with van der Waals surface area (Å²) in [6.07, 6.45) is 3.14. The molecule has 0 amide bonds. The number of nitrogens with zero attached hydrogens (tertiary/aromatic N) is 2. The minimum atomic E-state index is -0.424. The van der Waals surface area contributed by atoms with E-state index in [-0.39, 0.29) is 5.70 Å².